The molecule has 2 rings (SSSR count). The maximum atomic E-state index is 5.55. The third-order valence-corrected chi connectivity index (χ3v) is 3.14. The number of unbranched alkanes of at least 4 members (excludes halogenated alkanes) is 2. The Hall–Kier alpha value is -1.81. The molecule has 1 aromatic carbocycles. The van der Waals surface area contributed by atoms with Gasteiger partial charge in [0.05, 0.1) is 12.3 Å². The third-order valence-electron chi connectivity index (χ3n) is 3.14. The topological polar surface area (TPSA) is 44.5 Å². The van der Waals surface area contributed by atoms with Crippen LogP contribution in [0.3, 0.4) is 0 Å². The molecule has 0 spiro atoms. The summed E-state index contributed by atoms with van der Waals surface area (Å²) in [5, 5.41) is 3.98. The van der Waals surface area contributed by atoms with Gasteiger partial charge in [-0.3, -0.25) is 0 Å². The predicted octanol–water partition coefficient (Wildman–Crippen LogP) is 4.82. The monoisotopic (exact) mass is 319 g/mol. The summed E-state index contributed by atoms with van der Waals surface area (Å²) >= 11 is 0. The number of aromatic nitrogens is 1. The van der Waals surface area contributed by atoms with Crippen molar-refractivity contribution in [2.45, 2.75) is 46.5 Å². The van der Waals surface area contributed by atoms with E-state index < -0.39 is 0 Å². The number of rotatable bonds is 10. The van der Waals surface area contributed by atoms with Crippen LogP contribution in [0.4, 0.5) is 0 Å². The van der Waals surface area contributed by atoms with Crippen molar-refractivity contribution < 1.29 is 14.0 Å². The summed E-state index contributed by atoms with van der Waals surface area (Å²) in [6.45, 7) is 7.94. The molecule has 0 N–H and O–H groups in total. The number of hydrogen-bond donors (Lipinski definition) is 0. The lowest BCUT2D eigenvalue weighted by atomic mass is 10.1. The highest BCUT2D eigenvalue weighted by Gasteiger charge is 1.99. The summed E-state index contributed by atoms with van der Waals surface area (Å²) < 4.78 is 16.1. The minimum Gasteiger partial charge on any atom is -0.491 e. The first-order valence-electron chi connectivity index (χ1n) is 8.52. The molecule has 0 amide bonds. The Labute approximate surface area is 139 Å². The minimum absolute atomic E-state index is 0.599. The number of nitrogens with zero attached hydrogens (tertiary/aromatic N) is 1. The molecule has 0 atom stereocenters. The average molecular weight is 319 g/mol. The number of para-hydroxylation sites is 1. The SMILES string of the molecule is CC.Cc1cc(CCCCCOCCOc2ccccc2)no1. The molecule has 0 bridgehead atoms. The van der Waals surface area contributed by atoms with Gasteiger partial charge < -0.3 is 14.0 Å². The molecule has 128 valence electrons. The van der Waals surface area contributed by atoms with E-state index >= 15 is 0 Å². The Morgan fingerprint density at radius 2 is 1.74 bits per heavy atom. The van der Waals surface area contributed by atoms with Gasteiger partial charge in [-0.25, -0.2) is 0 Å². The van der Waals surface area contributed by atoms with Crippen LogP contribution < -0.4 is 4.74 Å². The van der Waals surface area contributed by atoms with Gasteiger partial charge in [0, 0.05) is 12.7 Å². The van der Waals surface area contributed by atoms with Gasteiger partial charge in [-0.1, -0.05) is 43.6 Å². The highest BCUT2D eigenvalue weighted by atomic mass is 16.5. The van der Waals surface area contributed by atoms with E-state index in [4.69, 9.17) is 14.0 Å². The average Bonchev–Trinajstić information content (AvgIpc) is 3.01. The first kappa shape index (κ1) is 19.2. The van der Waals surface area contributed by atoms with E-state index in [9.17, 15) is 0 Å². The van der Waals surface area contributed by atoms with Gasteiger partial charge in [0.1, 0.15) is 18.1 Å². The van der Waals surface area contributed by atoms with E-state index in [0.717, 1.165) is 49.5 Å². The maximum Gasteiger partial charge on any atom is 0.133 e. The van der Waals surface area contributed by atoms with Crippen LogP contribution >= 0.6 is 0 Å². The van der Waals surface area contributed by atoms with Crippen molar-refractivity contribution in [1.29, 1.82) is 0 Å². The van der Waals surface area contributed by atoms with E-state index in [1.807, 2.05) is 57.2 Å². The Balaban J connectivity index is 0.00000127. The van der Waals surface area contributed by atoms with E-state index in [1.165, 1.54) is 0 Å². The zero-order valence-electron chi connectivity index (χ0n) is 14.6. The molecule has 1 heterocycles. The lowest BCUT2D eigenvalue weighted by Gasteiger charge is -2.06. The second-order valence-corrected chi connectivity index (χ2v) is 5.01. The zero-order valence-corrected chi connectivity index (χ0v) is 14.6. The van der Waals surface area contributed by atoms with Crippen LogP contribution in [0.1, 0.15) is 44.6 Å². The van der Waals surface area contributed by atoms with Crippen molar-refractivity contribution >= 4 is 0 Å². The molecule has 0 radical (unpaired) electrons. The summed E-state index contributed by atoms with van der Waals surface area (Å²) in [5.41, 5.74) is 1.05. The quantitative estimate of drug-likeness (QED) is 0.589. The summed E-state index contributed by atoms with van der Waals surface area (Å²) in [6.07, 6.45) is 4.32. The number of hydrogen-bond acceptors (Lipinski definition) is 4. The Bertz CT molecular complexity index is 496. The molecule has 2 aromatic rings. The van der Waals surface area contributed by atoms with Crippen molar-refractivity contribution in [2.24, 2.45) is 0 Å². The highest BCUT2D eigenvalue weighted by molar-refractivity contribution is 5.20. The van der Waals surface area contributed by atoms with Crippen LogP contribution in [-0.2, 0) is 11.2 Å². The van der Waals surface area contributed by atoms with E-state index in [1.54, 1.807) is 0 Å². The largest absolute Gasteiger partial charge is 0.491 e. The lowest BCUT2D eigenvalue weighted by Crippen LogP contribution is -2.07. The fraction of sp³-hybridized carbons (Fsp3) is 0.526. The highest BCUT2D eigenvalue weighted by Crippen LogP contribution is 2.08. The number of aryl methyl sites for hydroxylation is 2. The van der Waals surface area contributed by atoms with Crippen molar-refractivity contribution in [3.8, 4) is 5.75 Å². The molecular weight excluding hydrogens is 290 g/mol. The Kier molecular flexibility index (Phi) is 10.6. The number of ether oxygens (including phenoxy) is 2. The lowest BCUT2D eigenvalue weighted by molar-refractivity contribution is 0.0971. The first-order valence-corrected chi connectivity index (χ1v) is 8.52. The van der Waals surface area contributed by atoms with Crippen LogP contribution in [0.5, 0.6) is 5.75 Å². The normalized spacial score (nSPS) is 10.0. The summed E-state index contributed by atoms with van der Waals surface area (Å²) in [5.74, 6) is 1.77. The molecule has 0 saturated carbocycles. The van der Waals surface area contributed by atoms with Gasteiger partial charge in [-0.2, -0.15) is 0 Å². The van der Waals surface area contributed by atoms with Gasteiger partial charge >= 0.3 is 0 Å². The van der Waals surface area contributed by atoms with Gasteiger partial charge in [0.15, 0.2) is 0 Å². The molecule has 23 heavy (non-hydrogen) atoms. The summed E-state index contributed by atoms with van der Waals surface area (Å²) in [4.78, 5) is 0. The van der Waals surface area contributed by atoms with E-state index in [2.05, 4.69) is 5.16 Å². The van der Waals surface area contributed by atoms with Crippen molar-refractivity contribution in [3.05, 3.63) is 47.9 Å². The van der Waals surface area contributed by atoms with E-state index in [-0.39, 0.29) is 0 Å². The minimum atomic E-state index is 0.599. The Morgan fingerprint density at radius 3 is 2.43 bits per heavy atom. The standard InChI is InChI=1S/C17H23NO3.C2H6/c1-15-14-16(18-21-15)8-4-3-7-11-19-12-13-20-17-9-5-2-6-10-17;1-2/h2,5-6,9-10,14H,3-4,7-8,11-13H2,1H3;1-2H3. The molecule has 4 heteroatoms. The van der Waals surface area contributed by atoms with Gasteiger partial charge in [0.25, 0.3) is 0 Å². The summed E-state index contributed by atoms with van der Waals surface area (Å²) in [7, 11) is 0. The summed E-state index contributed by atoms with van der Waals surface area (Å²) in [6, 6.07) is 11.8. The predicted molar refractivity (Wildman–Crippen MR) is 92.9 cm³/mol. The third kappa shape index (κ3) is 9.04. The molecule has 4 nitrogen and oxygen atoms in total. The van der Waals surface area contributed by atoms with Crippen molar-refractivity contribution in [3.63, 3.8) is 0 Å². The molecule has 0 unspecified atom stereocenters. The molecule has 0 fully saturated rings. The molecule has 0 aliphatic heterocycles. The van der Waals surface area contributed by atoms with Gasteiger partial charge in [-0.05, 0) is 38.3 Å². The maximum absolute atomic E-state index is 5.55. The second kappa shape index (κ2) is 12.7. The molecule has 0 saturated heterocycles. The number of benzene rings is 1. The molecule has 1 aromatic heterocycles. The molecule has 0 aliphatic rings. The zero-order chi connectivity index (χ0) is 16.8. The fourth-order valence-corrected chi connectivity index (χ4v) is 2.06. The van der Waals surface area contributed by atoms with Crippen LogP contribution in [0.2, 0.25) is 0 Å². The van der Waals surface area contributed by atoms with Gasteiger partial charge in [0.2, 0.25) is 0 Å². The van der Waals surface area contributed by atoms with Crippen LogP contribution in [0.15, 0.2) is 40.9 Å². The van der Waals surface area contributed by atoms with E-state index in [0.29, 0.717) is 13.2 Å². The molecular formula is C19H29NO3. The van der Waals surface area contributed by atoms with Crippen molar-refractivity contribution in [1.82, 2.24) is 5.16 Å². The van der Waals surface area contributed by atoms with Crippen LogP contribution in [-0.4, -0.2) is 25.0 Å². The van der Waals surface area contributed by atoms with Gasteiger partial charge in [-0.15, -0.1) is 0 Å². The van der Waals surface area contributed by atoms with Crippen molar-refractivity contribution in [2.75, 3.05) is 19.8 Å². The second-order valence-electron chi connectivity index (χ2n) is 5.01. The molecule has 0 aliphatic carbocycles. The van der Waals surface area contributed by atoms with Crippen LogP contribution in [0.25, 0.3) is 0 Å². The smallest absolute Gasteiger partial charge is 0.133 e. The fourth-order valence-electron chi connectivity index (χ4n) is 2.06. The Morgan fingerprint density at radius 1 is 0.957 bits per heavy atom. The first-order chi connectivity index (χ1) is 11.3. The van der Waals surface area contributed by atoms with Crippen LogP contribution in [0, 0.1) is 6.92 Å².